The zero-order valence-corrected chi connectivity index (χ0v) is 16.4. The fraction of sp³-hybridized carbons (Fsp3) is 0.238. The first-order valence-corrected chi connectivity index (χ1v) is 8.96. The number of ether oxygens (including phenoxy) is 2. The third-order valence-corrected chi connectivity index (χ3v) is 4.29. The smallest absolute Gasteiger partial charge is 0.419 e. The van der Waals surface area contributed by atoms with Crippen molar-refractivity contribution in [3.05, 3.63) is 64.8 Å². The van der Waals surface area contributed by atoms with Gasteiger partial charge in [-0.3, -0.25) is 0 Å². The number of oxazole rings is 1. The normalized spacial score (nSPS) is 11.4. The minimum Gasteiger partial charge on any atom is -0.485 e. The number of carboxylic acids is 1. The van der Waals surface area contributed by atoms with E-state index >= 15 is 0 Å². The van der Waals surface area contributed by atoms with Gasteiger partial charge in [0.05, 0.1) is 11.3 Å². The lowest BCUT2D eigenvalue weighted by atomic mass is 10.1. The largest absolute Gasteiger partial charge is 0.485 e. The van der Waals surface area contributed by atoms with Gasteiger partial charge < -0.3 is 19.0 Å². The lowest BCUT2D eigenvalue weighted by Crippen LogP contribution is -2.10. The lowest BCUT2D eigenvalue weighted by molar-refractivity contribution is -0.140. The van der Waals surface area contributed by atoms with Crippen molar-refractivity contribution >= 4 is 5.97 Å². The number of aryl methyl sites for hydroxylation is 2. The summed E-state index contributed by atoms with van der Waals surface area (Å²) >= 11 is 0. The highest BCUT2D eigenvalue weighted by atomic mass is 19.4. The molecule has 10 heteroatoms. The summed E-state index contributed by atoms with van der Waals surface area (Å²) in [5.74, 6) is -1.57. The number of hydrogen-bond acceptors (Lipinski definition) is 5. The Hall–Kier alpha value is -3.56. The molecule has 0 amide bonds. The molecule has 3 rings (SSSR count). The average Bonchev–Trinajstić information content (AvgIpc) is 3.06. The molecule has 3 aromatic rings. The van der Waals surface area contributed by atoms with E-state index in [0.29, 0.717) is 35.1 Å². The molecule has 0 bridgehead atoms. The van der Waals surface area contributed by atoms with E-state index in [1.807, 2.05) is 0 Å². The summed E-state index contributed by atoms with van der Waals surface area (Å²) < 4.78 is 68.4. The highest BCUT2D eigenvalue weighted by Gasteiger charge is 2.34. The Morgan fingerprint density at radius 1 is 1.13 bits per heavy atom. The molecule has 1 heterocycles. The van der Waals surface area contributed by atoms with Crippen LogP contribution in [0.1, 0.15) is 22.6 Å². The molecule has 0 fully saturated rings. The molecule has 164 valence electrons. The van der Waals surface area contributed by atoms with Gasteiger partial charge in [-0.15, -0.1) is 0 Å². The molecule has 0 spiro atoms. The van der Waals surface area contributed by atoms with Gasteiger partial charge in [0.2, 0.25) is 5.89 Å². The van der Waals surface area contributed by atoms with Gasteiger partial charge in [0.25, 0.3) is 0 Å². The minimum absolute atomic E-state index is 0.0434. The van der Waals surface area contributed by atoms with Crippen LogP contribution in [0.15, 0.2) is 40.8 Å². The van der Waals surface area contributed by atoms with Crippen LogP contribution in [0.4, 0.5) is 17.6 Å². The molecule has 0 aliphatic rings. The number of rotatable bonds is 7. The Bertz CT molecular complexity index is 1110. The maximum Gasteiger partial charge on any atom is 0.419 e. The second-order valence-corrected chi connectivity index (χ2v) is 6.62. The molecular weight excluding hydrogens is 422 g/mol. The van der Waals surface area contributed by atoms with Crippen LogP contribution >= 0.6 is 0 Å². The van der Waals surface area contributed by atoms with Crippen LogP contribution in [0.5, 0.6) is 11.5 Å². The Labute approximate surface area is 174 Å². The molecule has 0 radical (unpaired) electrons. The number of aromatic nitrogens is 1. The van der Waals surface area contributed by atoms with E-state index in [1.54, 1.807) is 26.0 Å². The molecule has 1 aromatic heterocycles. The number of alkyl halides is 3. The standard InChI is InChI=1S/C21H17F4NO5/c1-11-3-5-14(8-17(11)30-10-19(27)28)29-9-18-12(2)26-20(31-18)13-4-6-15(16(22)7-13)21(23,24)25/h3-8H,9-10H2,1-2H3,(H,27,28). The van der Waals surface area contributed by atoms with E-state index in [1.165, 1.54) is 6.07 Å². The van der Waals surface area contributed by atoms with E-state index in [4.69, 9.17) is 19.0 Å². The van der Waals surface area contributed by atoms with Gasteiger partial charge in [-0.05, 0) is 43.7 Å². The highest BCUT2D eigenvalue weighted by molar-refractivity contribution is 5.68. The molecule has 0 aliphatic carbocycles. The number of halogens is 4. The minimum atomic E-state index is -4.80. The average molecular weight is 439 g/mol. The summed E-state index contributed by atoms with van der Waals surface area (Å²) in [6.07, 6.45) is -4.80. The van der Waals surface area contributed by atoms with E-state index in [0.717, 1.165) is 11.6 Å². The number of benzene rings is 2. The van der Waals surface area contributed by atoms with Crippen molar-refractivity contribution in [2.75, 3.05) is 6.61 Å². The maximum atomic E-state index is 13.8. The molecule has 6 nitrogen and oxygen atoms in total. The number of aliphatic carboxylic acids is 1. The van der Waals surface area contributed by atoms with Gasteiger partial charge in [0.15, 0.2) is 12.4 Å². The van der Waals surface area contributed by atoms with Crippen molar-refractivity contribution in [2.24, 2.45) is 0 Å². The number of carbonyl (C=O) groups is 1. The van der Waals surface area contributed by atoms with Crippen molar-refractivity contribution in [1.82, 2.24) is 4.98 Å². The van der Waals surface area contributed by atoms with Crippen LogP contribution in [-0.2, 0) is 17.6 Å². The number of nitrogens with zero attached hydrogens (tertiary/aromatic N) is 1. The summed E-state index contributed by atoms with van der Waals surface area (Å²) in [7, 11) is 0. The Balaban J connectivity index is 1.75. The second kappa shape index (κ2) is 8.66. The van der Waals surface area contributed by atoms with Crippen molar-refractivity contribution in [3.8, 4) is 23.0 Å². The van der Waals surface area contributed by atoms with Gasteiger partial charge in [-0.1, -0.05) is 6.07 Å². The first-order valence-electron chi connectivity index (χ1n) is 8.96. The summed E-state index contributed by atoms with van der Waals surface area (Å²) in [6, 6.07) is 7.29. The number of carboxylic acid groups (broad SMARTS) is 1. The zero-order valence-electron chi connectivity index (χ0n) is 16.4. The third kappa shape index (κ3) is 5.33. The molecule has 0 aliphatic heterocycles. The van der Waals surface area contributed by atoms with Gasteiger partial charge in [0, 0.05) is 11.6 Å². The highest BCUT2D eigenvalue weighted by Crippen LogP contribution is 2.34. The monoisotopic (exact) mass is 439 g/mol. The fourth-order valence-electron chi connectivity index (χ4n) is 2.68. The quantitative estimate of drug-likeness (QED) is 0.513. The van der Waals surface area contributed by atoms with Crippen LogP contribution in [0.2, 0.25) is 0 Å². The Kier molecular flexibility index (Phi) is 6.19. The number of hydrogen-bond donors (Lipinski definition) is 1. The van der Waals surface area contributed by atoms with Crippen LogP contribution in [0.25, 0.3) is 11.5 Å². The zero-order chi connectivity index (χ0) is 22.8. The Morgan fingerprint density at radius 2 is 1.87 bits per heavy atom. The summed E-state index contributed by atoms with van der Waals surface area (Å²) in [6.45, 7) is 2.79. The lowest BCUT2D eigenvalue weighted by Gasteiger charge is -2.10. The fourth-order valence-corrected chi connectivity index (χ4v) is 2.68. The second-order valence-electron chi connectivity index (χ2n) is 6.62. The molecule has 2 aromatic carbocycles. The summed E-state index contributed by atoms with van der Waals surface area (Å²) in [4.78, 5) is 14.8. The molecule has 0 atom stereocenters. The van der Waals surface area contributed by atoms with Gasteiger partial charge in [-0.2, -0.15) is 13.2 Å². The Morgan fingerprint density at radius 3 is 2.52 bits per heavy atom. The van der Waals surface area contributed by atoms with Gasteiger partial charge in [0.1, 0.15) is 23.9 Å². The summed E-state index contributed by atoms with van der Waals surface area (Å²) in [5.41, 5.74) is -0.177. The topological polar surface area (TPSA) is 81.8 Å². The van der Waals surface area contributed by atoms with Gasteiger partial charge >= 0.3 is 12.1 Å². The molecular formula is C21H17F4NO5. The van der Waals surface area contributed by atoms with Crippen LogP contribution in [-0.4, -0.2) is 22.7 Å². The molecule has 31 heavy (non-hydrogen) atoms. The SMILES string of the molecule is Cc1ccc(OCc2oc(-c3ccc(C(F)(F)F)c(F)c3)nc2C)cc1OCC(=O)O. The first kappa shape index (κ1) is 22.1. The van der Waals surface area contributed by atoms with E-state index < -0.39 is 30.1 Å². The predicted octanol–water partition coefficient (Wildman–Crippen LogP) is 5.16. The molecule has 1 N–H and O–H groups in total. The maximum absolute atomic E-state index is 13.8. The van der Waals surface area contributed by atoms with Crippen molar-refractivity contribution in [3.63, 3.8) is 0 Å². The summed E-state index contributed by atoms with van der Waals surface area (Å²) in [5, 5.41) is 8.73. The third-order valence-electron chi connectivity index (χ3n) is 4.29. The van der Waals surface area contributed by atoms with E-state index in [-0.39, 0.29) is 18.1 Å². The van der Waals surface area contributed by atoms with Crippen molar-refractivity contribution < 1.29 is 41.4 Å². The van der Waals surface area contributed by atoms with E-state index in [2.05, 4.69) is 4.98 Å². The molecule has 0 saturated carbocycles. The van der Waals surface area contributed by atoms with Crippen LogP contribution in [0, 0.1) is 19.7 Å². The van der Waals surface area contributed by atoms with Crippen LogP contribution in [0.3, 0.4) is 0 Å². The van der Waals surface area contributed by atoms with Crippen molar-refractivity contribution in [2.45, 2.75) is 26.6 Å². The van der Waals surface area contributed by atoms with Crippen molar-refractivity contribution in [1.29, 1.82) is 0 Å². The predicted molar refractivity (Wildman–Crippen MR) is 100 cm³/mol. The van der Waals surface area contributed by atoms with Crippen LogP contribution < -0.4 is 9.47 Å². The van der Waals surface area contributed by atoms with E-state index in [9.17, 15) is 22.4 Å². The molecule has 0 saturated heterocycles. The first-order chi connectivity index (χ1) is 14.5. The van der Waals surface area contributed by atoms with Gasteiger partial charge in [-0.25, -0.2) is 14.2 Å². The molecule has 0 unspecified atom stereocenters.